The second-order valence-corrected chi connectivity index (χ2v) is 13.3. The molecule has 0 saturated carbocycles. The third kappa shape index (κ3) is 8.29. The standard InChI is InChI=1S/C30H34N8O4S2/c1-5-9-19-10-6-7-11-22(19)42-24-25(38-44(40,41)21-14-12-20(13-15-21)30(2,3)4)36-27(26-33-16-8-17-34-26)37-28(24)43-18-23(39)35-29(31)32/h6-8,10-17H,5,9,18H2,1-4H3,(H,36,37,38)(H4,31,32,35,39). The molecule has 2 aromatic carbocycles. The molecule has 0 aliphatic carbocycles. The monoisotopic (exact) mass is 634 g/mol. The first-order chi connectivity index (χ1) is 20.9. The lowest BCUT2D eigenvalue weighted by Crippen LogP contribution is -2.24. The largest absolute Gasteiger partial charge is 0.450 e. The summed E-state index contributed by atoms with van der Waals surface area (Å²) in [7, 11) is -4.17. The Labute approximate surface area is 260 Å². The lowest BCUT2D eigenvalue weighted by molar-refractivity contribution is -0.115. The van der Waals surface area contributed by atoms with Gasteiger partial charge in [0.15, 0.2) is 17.6 Å². The number of aryl methyl sites for hydroxylation is 1. The normalized spacial score (nSPS) is 11.5. The molecule has 0 spiro atoms. The van der Waals surface area contributed by atoms with Crippen molar-refractivity contribution in [1.82, 2.24) is 19.9 Å². The third-order valence-electron chi connectivity index (χ3n) is 6.15. The molecule has 4 rings (SSSR count). The number of para-hydroxylation sites is 1. The van der Waals surface area contributed by atoms with E-state index < -0.39 is 15.9 Å². The van der Waals surface area contributed by atoms with Gasteiger partial charge in [-0.15, -0.1) is 0 Å². The first-order valence-electron chi connectivity index (χ1n) is 13.7. The van der Waals surface area contributed by atoms with Gasteiger partial charge in [0, 0.05) is 12.4 Å². The van der Waals surface area contributed by atoms with Gasteiger partial charge in [0.25, 0.3) is 15.9 Å². The number of carbonyl (C=O) groups excluding carboxylic acids is 1. The summed E-state index contributed by atoms with van der Waals surface area (Å²) in [6.07, 6.45) is 4.57. The lowest BCUT2D eigenvalue weighted by Gasteiger charge is -2.20. The van der Waals surface area contributed by atoms with E-state index in [9.17, 15) is 13.2 Å². The van der Waals surface area contributed by atoms with Gasteiger partial charge >= 0.3 is 0 Å². The minimum atomic E-state index is -4.17. The summed E-state index contributed by atoms with van der Waals surface area (Å²) < 4.78 is 36.4. The van der Waals surface area contributed by atoms with Crippen LogP contribution in [0.5, 0.6) is 11.5 Å². The van der Waals surface area contributed by atoms with E-state index in [0.717, 1.165) is 29.3 Å². The molecule has 12 nitrogen and oxygen atoms in total. The van der Waals surface area contributed by atoms with Crippen molar-refractivity contribution in [2.75, 3.05) is 10.5 Å². The van der Waals surface area contributed by atoms with Crippen molar-refractivity contribution in [2.24, 2.45) is 16.5 Å². The van der Waals surface area contributed by atoms with Crippen LogP contribution in [0, 0.1) is 0 Å². The summed E-state index contributed by atoms with van der Waals surface area (Å²) in [6, 6.07) is 15.6. The maximum atomic E-state index is 13.7. The molecule has 44 heavy (non-hydrogen) atoms. The Kier molecular flexibility index (Phi) is 10.2. The maximum Gasteiger partial charge on any atom is 0.263 e. The summed E-state index contributed by atoms with van der Waals surface area (Å²) in [4.78, 5) is 33.5. The van der Waals surface area contributed by atoms with E-state index in [0.29, 0.717) is 12.2 Å². The summed E-state index contributed by atoms with van der Waals surface area (Å²) in [6.45, 7) is 8.16. The van der Waals surface area contributed by atoms with Gasteiger partial charge in [0.2, 0.25) is 11.6 Å². The Morgan fingerprint density at radius 2 is 1.66 bits per heavy atom. The zero-order valence-corrected chi connectivity index (χ0v) is 26.4. The van der Waals surface area contributed by atoms with Gasteiger partial charge in [-0.05, 0) is 47.2 Å². The number of amides is 1. The number of aliphatic imine (C=N–C) groups is 1. The molecule has 0 unspecified atom stereocenters. The summed E-state index contributed by atoms with van der Waals surface area (Å²) in [5.41, 5.74) is 12.5. The van der Waals surface area contributed by atoms with Crippen LogP contribution in [0.1, 0.15) is 45.2 Å². The molecule has 0 atom stereocenters. The second-order valence-electron chi connectivity index (χ2n) is 10.7. The number of aromatic nitrogens is 4. The number of rotatable bonds is 11. The van der Waals surface area contributed by atoms with E-state index in [2.05, 4.69) is 29.7 Å². The topological polar surface area (TPSA) is 188 Å². The van der Waals surface area contributed by atoms with Crippen LogP contribution in [0.3, 0.4) is 0 Å². The molecule has 0 radical (unpaired) electrons. The highest BCUT2D eigenvalue weighted by Crippen LogP contribution is 2.40. The van der Waals surface area contributed by atoms with Gasteiger partial charge in [-0.25, -0.2) is 28.4 Å². The number of hydrogen-bond acceptors (Lipinski definition) is 9. The van der Waals surface area contributed by atoms with Crippen molar-refractivity contribution in [3.05, 3.63) is 78.1 Å². The summed E-state index contributed by atoms with van der Waals surface area (Å²) in [5.74, 6) is -0.769. The van der Waals surface area contributed by atoms with Crippen LogP contribution in [-0.4, -0.2) is 46.0 Å². The van der Waals surface area contributed by atoms with Gasteiger partial charge in [0.1, 0.15) is 10.8 Å². The SMILES string of the molecule is CCCc1ccccc1Oc1c(NS(=O)(=O)c2ccc(C(C)(C)C)cc2)nc(-c2ncccn2)nc1SCC(=O)N=C(N)N. The average Bonchev–Trinajstić information content (AvgIpc) is 2.98. The van der Waals surface area contributed by atoms with Crippen LogP contribution in [0.2, 0.25) is 0 Å². The molecule has 230 valence electrons. The highest BCUT2D eigenvalue weighted by Gasteiger charge is 2.26. The molecular weight excluding hydrogens is 601 g/mol. The van der Waals surface area contributed by atoms with Crippen LogP contribution < -0.4 is 20.9 Å². The van der Waals surface area contributed by atoms with E-state index in [-0.39, 0.29) is 50.3 Å². The Bertz CT molecular complexity index is 1750. The van der Waals surface area contributed by atoms with Crippen molar-refractivity contribution in [3.63, 3.8) is 0 Å². The number of thioether (sulfide) groups is 1. The number of anilines is 1. The zero-order valence-electron chi connectivity index (χ0n) is 24.8. The Morgan fingerprint density at radius 1 is 0.977 bits per heavy atom. The van der Waals surface area contributed by atoms with E-state index >= 15 is 0 Å². The number of ether oxygens (including phenoxy) is 1. The molecule has 0 aliphatic rings. The number of benzene rings is 2. The van der Waals surface area contributed by atoms with Gasteiger partial charge in [-0.1, -0.05) is 76.2 Å². The quantitative estimate of drug-likeness (QED) is 0.0900. The molecule has 5 N–H and O–H groups in total. The van der Waals surface area contributed by atoms with Gasteiger partial charge in [0.05, 0.1) is 10.6 Å². The molecule has 2 heterocycles. The number of nitrogens with two attached hydrogens (primary N) is 2. The maximum absolute atomic E-state index is 13.7. The fraction of sp³-hybridized carbons (Fsp3) is 0.267. The molecule has 0 aliphatic heterocycles. The van der Waals surface area contributed by atoms with Crippen molar-refractivity contribution >= 4 is 39.5 Å². The van der Waals surface area contributed by atoms with E-state index in [1.54, 1.807) is 30.3 Å². The van der Waals surface area contributed by atoms with Crippen LogP contribution in [-0.2, 0) is 26.7 Å². The number of sulfonamides is 1. The minimum absolute atomic E-state index is 0.00868. The van der Waals surface area contributed by atoms with E-state index in [4.69, 9.17) is 16.2 Å². The van der Waals surface area contributed by atoms with Crippen molar-refractivity contribution in [2.45, 2.75) is 55.9 Å². The van der Waals surface area contributed by atoms with Gasteiger partial charge in [-0.2, -0.15) is 4.99 Å². The first kappa shape index (κ1) is 32.4. The number of nitrogens with one attached hydrogen (secondary N) is 1. The minimum Gasteiger partial charge on any atom is -0.450 e. The molecule has 4 aromatic rings. The van der Waals surface area contributed by atoms with E-state index in [1.807, 2.05) is 39.8 Å². The summed E-state index contributed by atoms with van der Waals surface area (Å²) >= 11 is 0.951. The van der Waals surface area contributed by atoms with Crippen molar-refractivity contribution in [1.29, 1.82) is 0 Å². The van der Waals surface area contributed by atoms with E-state index in [1.165, 1.54) is 24.5 Å². The molecule has 2 aromatic heterocycles. The molecule has 0 bridgehead atoms. The number of carbonyl (C=O) groups is 1. The first-order valence-corrected chi connectivity index (χ1v) is 16.2. The predicted octanol–water partition coefficient (Wildman–Crippen LogP) is 4.67. The van der Waals surface area contributed by atoms with Crippen LogP contribution in [0.15, 0.2) is 81.9 Å². The molecular formula is C30H34N8O4S2. The number of nitrogens with zero attached hydrogens (tertiary/aromatic N) is 5. The Hall–Kier alpha value is -4.56. The second kappa shape index (κ2) is 13.8. The van der Waals surface area contributed by atoms with Gasteiger partial charge in [-0.3, -0.25) is 9.52 Å². The van der Waals surface area contributed by atoms with Crippen molar-refractivity contribution < 1.29 is 17.9 Å². The van der Waals surface area contributed by atoms with Crippen molar-refractivity contribution in [3.8, 4) is 23.1 Å². The van der Waals surface area contributed by atoms with Crippen LogP contribution >= 0.6 is 11.8 Å². The van der Waals surface area contributed by atoms with Crippen LogP contribution in [0.4, 0.5) is 5.82 Å². The third-order valence-corrected chi connectivity index (χ3v) is 8.45. The molecule has 1 amide bonds. The highest BCUT2D eigenvalue weighted by molar-refractivity contribution is 8.00. The Balaban J connectivity index is 1.87. The smallest absolute Gasteiger partial charge is 0.263 e. The lowest BCUT2D eigenvalue weighted by atomic mass is 9.87. The molecule has 0 fully saturated rings. The molecule has 14 heteroatoms. The average molecular weight is 635 g/mol. The Morgan fingerprint density at radius 3 is 2.30 bits per heavy atom. The molecule has 0 saturated heterocycles. The number of guanidine groups is 1. The fourth-order valence-corrected chi connectivity index (χ4v) is 5.77. The van der Waals surface area contributed by atoms with Gasteiger partial charge < -0.3 is 16.2 Å². The fourth-order valence-electron chi connectivity index (χ4n) is 4.02. The predicted molar refractivity (Wildman–Crippen MR) is 171 cm³/mol. The zero-order chi connectivity index (χ0) is 31.9. The number of hydrogen-bond donors (Lipinski definition) is 3. The summed E-state index contributed by atoms with van der Waals surface area (Å²) in [5, 5.41) is 0.147. The highest BCUT2D eigenvalue weighted by atomic mass is 32.2. The van der Waals surface area contributed by atoms with Crippen LogP contribution in [0.25, 0.3) is 11.6 Å².